The summed E-state index contributed by atoms with van der Waals surface area (Å²) in [4.78, 5) is 9.61. The molecule has 0 fully saturated rings. The van der Waals surface area contributed by atoms with Crippen molar-refractivity contribution in [1.29, 1.82) is 0 Å². The second-order valence-electron chi connectivity index (χ2n) is 7.01. The van der Waals surface area contributed by atoms with E-state index in [2.05, 4.69) is 17.1 Å². The quantitative estimate of drug-likeness (QED) is 0.143. The number of hydrogen-bond acceptors (Lipinski definition) is 6. The summed E-state index contributed by atoms with van der Waals surface area (Å²) in [5.74, 6) is 1.20. The Balaban J connectivity index is 1.56. The third-order valence-corrected chi connectivity index (χ3v) is 4.99. The highest BCUT2D eigenvalue weighted by molar-refractivity contribution is 6.55. The third kappa shape index (κ3) is 11.8. The lowest BCUT2D eigenvalue weighted by Gasteiger charge is -2.12. The summed E-state index contributed by atoms with van der Waals surface area (Å²) >= 11 is 23.5. The van der Waals surface area contributed by atoms with Crippen LogP contribution in [-0.2, 0) is 16.0 Å². The van der Waals surface area contributed by atoms with Gasteiger partial charge in [0.1, 0.15) is 23.5 Å². The summed E-state index contributed by atoms with van der Waals surface area (Å²) < 4.78 is 16.7. The molecule has 0 N–H and O–H groups in total. The summed E-state index contributed by atoms with van der Waals surface area (Å²) in [5, 5.41) is 4.61. The number of ether oxygens (including phenoxy) is 3. The first-order chi connectivity index (χ1) is 16.0. The van der Waals surface area contributed by atoms with Gasteiger partial charge in [-0.1, -0.05) is 64.5 Å². The van der Waals surface area contributed by atoms with E-state index in [1.165, 1.54) is 6.08 Å². The van der Waals surface area contributed by atoms with Gasteiger partial charge in [-0.25, -0.2) is 0 Å². The van der Waals surface area contributed by atoms with Crippen LogP contribution in [0, 0.1) is 5.92 Å². The van der Waals surface area contributed by atoms with Crippen molar-refractivity contribution in [2.45, 2.75) is 19.8 Å². The summed E-state index contributed by atoms with van der Waals surface area (Å²) in [7, 11) is 0. The standard InChI is InChI=1S/C23H26Cl4N2O4/c1-17(13-18-5-2-3-7-28-18)16-33-29-8-12-30-9-4-10-32-23-20(24)14-19(15-21(23)25)31-11-6-22(26)27/h2-3,5-8,14-15,17H,4,9-13,16H2,1H3. The van der Waals surface area contributed by atoms with E-state index in [1.54, 1.807) is 24.5 Å². The molecule has 0 radical (unpaired) electrons. The zero-order valence-corrected chi connectivity index (χ0v) is 21.2. The number of hydrogen-bond donors (Lipinski definition) is 0. The molecular formula is C23H26Cl4N2O4. The van der Waals surface area contributed by atoms with Gasteiger partial charge in [0, 0.05) is 30.4 Å². The van der Waals surface area contributed by atoms with Gasteiger partial charge in [0.15, 0.2) is 5.75 Å². The minimum Gasteiger partial charge on any atom is -0.490 e. The van der Waals surface area contributed by atoms with E-state index in [9.17, 15) is 0 Å². The summed E-state index contributed by atoms with van der Waals surface area (Å²) in [6.45, 7) is 4.04. The molecule has 1 aromatic carbocycles. The highest BCUT2D eigenvalue weighted by Crippen LogP contribution is 2.37. The summed E-state index contributed by atoms with van der Waals surface area (Å²) in [6.07, 6.45) is 6.39. The smallest absolute Gasteiger partial charge is 0.156 e. The van der Waals surface area contributed by atoms with Crippen LogP contribution >= 0.6 is 46.4 Å². The SMILES string of the molecule is CC(CON=CCOCCCOc1c(Cl)cc(OCC=C(Cl)Cl)cc1Cl)Cc1ccccn1. The first-order valence-electron chi connectivity index (χ1n) is 10.3. The molecule has 0 aliphatic rings. The van der Waals surface area contributed by atoms with Gasteiger partial charge >= 0.3 is 0 Å². The van der Waals surface area contributed by atoms with Crippen molar-refractivity contribution >= 4 is 52.6 Å². The van der Waals surface area contributed by atoms with Crippen molar-refractivity contribution in [3.8, 4) is 11.5 Å². The summed E-state index contributed by atoms with van der Waals surface area (Å²) in [6, 6.07) is 9.11. The Kier molecular flexibility index (Phi) is 13.4. The van der Waals surface area contributed by atoms with Crippen LogP contribution in [0.5, 0.6) is 11.5 Å². The number of pyridine rings is 1. The maximum absolute atomic E-state index is 6.23. The fraction of sp³-hybridized carbons (Fsp3) is 0.391. The van der Waals surface area contributed by atoms with E-state index in [0.29, 0.717) is 60.3 Å². The van der Waals surface area contributed by atoms with Crippen LogP contribution in [0.3, 0.4) is 0 Å². The van der Waals surface area contributed by atoms with Crippen LogP contribution in [0.25, 0.3) is 0 Å². The molecule has 1 heterocycles. The molecule has 180 valence electrons. The molecule has 1 aromatic heterocycles. The molecule has 2 rings (SSSR count). The van der Waals surface area contributed by atoms with Gasteiger partial charge < -0.3 is 19.0 Å². The minimum atomic E-state index is 0.124. The maximum Gasteiger partial charge on any atom is 0.156 e. The van der Waals surface area contributed by atoms with Crippen LogP contribution in [0.15, 0.2) is 52.3 Å². The Morgan fingerprint density at radius 2 is 1.88 bits per heavy atom. The highest BCUT2D eigenvalue weighted by atomic mass is 35.5. The van der Waals surface area contributed by atoms with E-state index in [-0.39, 0.29) is 11.1 Å². The number of rotatable bonds is 15. The normalized spacial score (nSPS) is 11.9. The molecule has 1 atom stereocenters. The zero-order valence-electron chi connectivity index (χ0n) is 18.2. The predicted octanol–water partition coefficient (Wildman–Crippen LogP) is 6.75. The topological polar surface area (TPSA) is 62.2 Å². The largest absolute Gasteiger partial charge is 0.490 e. The molecular weight excluding hydrogens is 510 g/mol. The molecule has 10 heteroatoms. The van der Waals surface area contributed by atoms with Crippen LogP contribution in [0.1, 0.15) is 19.0 Å². The fourth-order valence-electron chi connectivity index (χ4n) is 2.62. The first kappa shape index (κ1) is 27.5. The molecule has 6 nitrogen and oxygen atoms in total. The van der Waals surface area contributed by atoms with Crippen molar-refractivity contribution in [2.75, 3.05) is 33.0 Å². The molecule has 0 bridgehead atoms. The number of oxime groups is 1. The van der Waals surface area contributed by atoms with Crippen LogP contribution in [0.4, 0.5) is 0 Å². The van der Waals surface area contributed by atoms with Gasteiger partial charge in [-0.3, -0.25) is 4.98 Å². The average Bonchev–Trinajstić information content (AvgIpc) is 2.77. The molecule has 0 aliphatic carbocycles. The Hall–Kier alpha value is -1.70. The van der Waals surface area contributed by atoms with Gasteiger partial charge in [-0.05, 0) is 30.5 Å². The van der Waals surface area contributed by atoms with Gasteiger partial charge in [0.2, 0.25) is 0 Å². The van der Waals surface area contributed by atoms with Crippen LogP contribution in [0.2, 0.25) is 10.0 Å². The lowest BCUT2D eigenvalue weighted by Crippen LogP contribution is -2.08. The van der Waals surface area contributed by atoms with E-state index in [4.69, 9.17) is 65.5 Å². The number of aromatic nitrogens is 1. The van der Waals surface area contributed by atoms with Gasteiger partial charge in [0.05, 0.1) is 36.1 Å². The maximum atomic E-state index is 6.23. The molecule has 0 spiro atoms. The number of halogens is 4. The van der Waals surface area contributed by atoms with E-state index in [1.807, 2.05) is 18.2 Å². The Labute approximate surface area is 214 Å². The van der Waals surface area contributed by atoms with E-state index in [0.717, 1.165) is 12.1 Å². The monoisotopic (exact) mass is 534 g/mol. The minimum absolute atomic E-state index is 0.124. The molecule has 0 amide bonds. The molecule has 33 heavy (non-hydrogen) atoms. The second kappa shape index (κ2) is 16.0. The van der Waals surface area contributed by atoms with Crippen LogP contribution in [-0.4, -0.2) is 44.2 Å². The molecule has 0 aliphatic heterocycles. The first-order valence-corrected chi connectivity index (χ1v) is 11.8. The molecule has 0 saturated carbocycles. The zero-order chi connectivity index (χ0) is 23.9. The van der Waals surface area contributed by atoms with Crippen molar-refractivity contribution in [3.05, 3.63) is 62.8 Å². The number of nitrogens with zero attached hydrogens (tertiary/aromatic N) is 2. The van der Waals surface area contributed by atoms with Crippen molar-refractivity contribution in [2.24, 2.45) is 11.1 Å². The van der Waals surface area contributed by atoms with Crippen molar-refractivity contribution in [3.63, 3.8) is 0 Å². The van der Waals surface area contributed by atoms with Gasteiger partial charge in [-0.15, -0.1) is 0 Å². The average molecular weight is 536 g/mol. The lowest BCUT2D eigenvalue weighted by atomic mass is 10.1. The van der Waals surface area contributed by atoms with Crippen molar-refractivity contribution < 1.29 is 19.0 Å². The van der Waals surface area contributed by atoms with Gasteiger partial charge in [-0.2, -0.15) is 0 Å². The highest BCUT2D eigenvalue weighted by Gasteiger charge is 2.10. The summed E-state index contributed by atoms with van der Waals surface area (Å²) in [5.41, 5.74) is 1.04. The van der Waals surface area contributed by atoms with Gasteiger partial charge in [0.25, 0.3) is 0 Å². The molecule has 1 unspecified atom stereocenters. The molecule has 0 saturated heterocycles. The fourth-order valence-corrected chi connectivity index (χ4v) is 3.32. The van der Waals surface area contributed by atoms with Crippen molar-refractivity contribution in [1.82, 2.24) is 4.98 Å². The van der Waals surface area contributed by atoms with E-state index < -0.39 is 0 Å². The Morgan fingerprint density at radius 1 is 1.09 bits per heavy atom. The number of benzene rings is 1. The Morgan fingerprint density at radius 3 is 2.58 bits per heavy atom. The lowest BCUT2D eigenvalue weighted by molar-refractivity contribution is 0.108. The Bertz CT molecular complexity index is 870. The van der Waals surface area contributed by atoms with E-state index >= 15 is 0 Å². The third-order valence-electron chi connectivity index (χ3n) is 4.12. The van der Waals surface area contributed by atoms with Crippen LogP contribution < -0.4 is 9.47 Å². The predicted molar refractivity (Wildman–Crippen MR) is 134 cm³/mol. The molecule has 2 aromatic rings. The second-order valence-corrected chi connectivity index (χ2v) is 8.83.